The van der Waals surface area contributed by atoms with Crippen molar-refractivity contribution in [3.05, 3.63) is 6.92 Å². The second kappa shape index (κ2) is 11.0. The van der Waals surface area contributed by atoms with Crippen LogP contribution >= 0.6 is 0 Å². The number of halogens is 1. The smallest absolute Gasteiger partial charge is 0 e. The topological polar surface area (TPSA) is 0 Å². The Morgan fingerprint density at radius 2 is 1.50 bits per heavy atom. The SMILES string of the molecule is [Br-].[CH2]C(CC)CC.[Zn]. The van der Waals surface area contributed by atoms with Crippen LogP contribution < -0.4 is 17.0 Å². The van der Waals surface area contributed by atoms with Crippen LogP contribution in [-0.2, 0) is 19.5 Å². The van der Waals surface area contributed by atoms with Crippen molar-refractivity contribution in [2.24, 2.45) is 5.92 Å². The van der Waals surface area contributed by atoms with Crippen molar-refractivity contribution < 1.29 is 36.5 Å². The van der Waals surface area contributed by atoms with E-state index in [1.165, 1.54) is 12.8 Å². The molecule has 1 radical (unpaired) electrons. The minimum absolute atomic E-state index is 0. The Morgan fingerprint density at radius 1 is 1.25 bits per heavy atom. The van der Waals surface area contributed by atoms with E-state index in [0.717, 1.165) is 0 Å². The third-order valence-electron chi connectivity index (χ3n) is 1.15. The van der Waals surface area contributed by atoms with Crippen molar-refractivity contribution in [2.75, 3.05) is 0 Å². The first-order chi connectivity index (χ1) is 2.81. The fourth-order valence-corrected chi connectivity index (χ4v) is 0.289. The van der Waals surface area contributed by atoms with E-state index in [2.05, 4.69) is 20.8 Å². The average molecular weight is 230 g/mol. The molecule has 0 amide bonds. The molecule has 0 unspecified atom stereocenters. The van der Waals surface area contributed by atoms with Gasteiger partial charge in [0.1, 0.15) is 0 Å². The Labute approximate surface area is 76.0 Å². The maximum atomic E-state index is 3.88. The molecule has 0 atom stereocenters. The molecular formula is C6H13BrZn-. The molecule has 0 bridgehead atoms. The summed E-state index contributed by atoms with van der Waals surface area (Å²) in [6.45, 7) is 8.21. The maximum Gasteiger partial charge on any atom is 0 e. The van der Waals surface area contributed by atoms with Crippen molar-refractivity contribution in [1.82, 2.24) is 0 Å². The summed E-state index contributed by atoms with van der Waals surface area (Å²) < 4.78 is 0. The summed E-state index contributed by atoms with van der Waals surface area (Å²) in [6.07, 6.45) is 2.44. The predicted molar refractivity (Wildman–Crippen MR) is 29.4 cm³/mol. The molecule has 0 saturated carbocycles. The van der Waals surface area contributed by atoms with Crippen molar-refractivity contribution >= 4 is 0 Å². The third-order valence-corrected chi connectivity index (χ3v) is 1.15. The van der Waals surface area contributed by atoms with Gasteiger partial charge in [0.15, 0.2) is 0 Å². The van der Waals surface area contributed by atoms with E-state index in [-0.39, 0.29) is 36.5 Å². The van der Waals surface area contributed by atoms with E-state index in [4.69, 9.17) is 0 Å². The van der Waals surface area contributed by atoms with Gasteiger partial charge in [0, 0.05) is 19.5 Å². The Hall–Kier alpha value is 1.10. The van der Waals surface area contributed by atoms with Crippen molar-refractivity contribution in [3.8, 4) is 0 Å². The van der Waals surface area contributed by atoms with Crippen LogP contribution in [0.25, 0.3) is 0 Å². The molecule has 0 aliphatic carbocycles. The summed E-state index contributed by atoms with van der Waals surface area (Å²) in [6, 6.07) is 0. The number of rotatable bonds is 2. The molecule has 0 N–H and O–H groups in total. The summed E-state index contributed by atoms with van der Waals surface area (Å²) in [5.74, 6) is 0.685. The number of hydrogen-bond acceptors (Lipinski definition) is 0. The van der Waals surface area contributed by atoms with Gasteiger partial charge in [-0.25, -0.2) is 0 Å². The standard InChI is InChI=1S/C6H13.BrH.Zn/c1-4-6(3)5-2;;/h6H,3-5H2,1-2H3;1H;/p-1. The summed E-state index contributed by atoms with van der Waals surface area (Å²) >= 11 is 0. The quantitative estimate of drug-likeness (QED) is 0.548. The largest absolute Gasteiger partial charge is 1.00 e. The van der Waals surface area contributed by atoms with Crippen LogP contribution in [0, 0.1) is 12.8 Å². The molecule has 0 aromatic rings. The van der Waals surface area contributed by atoms with Crippen LogP contribution in [0.5, 0.6) is 0 Å². The van der Waals surface area contributed by atoms with E-state index in [0.29, 0.717) is 5.92 Å². The minimum Gasteiger partial charge on any atom is -1.00 e. The Morgan fingerprint density at radius 3 is 1.50 bits per heavy atom. The van der Waals surface area contributed by atoms with Crippen molar-refractivity contribution in [3.63, 3.8) is 0 Å². The first kappa shape index (κ1) is 16.0. The zero-order valence-corrected chi connectivity index (χ0v) is 10.3. The van der Waals surface area contributed by atoms with Gasteiger partial charge in [-0.15, -0.1) is 0 Å². The van der Waals surface area contributed by atoms with Crippen LogP contribution in [0.1, 0.15) is 26.7 Å². The summed E-state index contributed by atoms with van der Waals surface area (Å²) in [5.41, 5.74) is 0. The molecule has 0 rings (SSSR count). The summed E-state index contributed by atoms with van der Waals surface area (Å²) in [7, 11) is 0. The Kier molecular flexibility index (Phi) is 22.0. The van der Waals surface area contributed by atoms with Gasteiger partial charge < -0.3 is 17.0 Å². The molecule has 0 heterocycles. The zero-order valence-electron chi connectivity index (χ0n) is 5.78. The van der Waals surface area contributed by atoms with Gasteiger partial charge in [-0.3, -0.25) is 0 Å². The average Bonchev–Trinajstić information content (AvgIpc) is 1.65. The molecule has 0 spiro atoms. The molecule has 0 aromatic heterocycles. The van der Waals surface area contributed by atoms with E-state index in [9.17, 15) is 0 Å². The van der Waals surface area contributed by atoms with Crippen LogP contribution in [0.2, 0.25) is 0 Å². The Balaban J connectivity index is -0.000000125. The molecule has 47 valence electrons. The molecule has 0 aromatic carbocycles. The van der Waals surface area contributed by atoms with E-state index in [1.54, 1.807) is 0 Å². The molecule has 0 aliphatic rings. The summed E-state index contributed by atoms with van der Waals surface area (Å²) in [4.78, 5) is 0. The molecular weight excluding hydrogens is 217 g/mol. The first-order valence-electron chi connectivity index (χ1n) is 2.64. The van der Waals surface area contributed by atoms with Gasteiger partial charge in [-0.1, -0.05) is 33.6 Å². The molecule has 0 aliphatic heterocycles. The molecule has 0 saturated heterocycles. The second-order valence-electron chi connectivity index (χ2n) is 1.68. The van der Waals surface area contributed by atoms with Gasteiger partial charge >= 0.3 is 0 Å². The van der Waals surface area contributed by atoms with E-state index >= 15 is 0 Å². The van der Waals surface area contributed by atoms with Crippen molar-refractivity contribution in [2.45, 2.75) is 26.7 Å². The predicted octanol–water partition coefficient (Wildman–Crippen LogP) is -0.742. The molecule has 0 nitrogen and oxygen atoms in total. The fourth-order valence-electron chi connectivity index (χ4n) is 0.289. The molecule has 2 heteroatoms. The van der Waals surface area contributed by atoms with Gasteiger partial charge in [0.05, 0.1) is 0 Å². The first-order valence-corrected chi connectivity index (χ1v) is 2.64. The molecule has 8 heavy (non-hydrogen) atoms. The van der Waals surface area contributed by atoms with E-state index in [1.807, 2.05) is 0 Å². The van der Waals surface area contributed by atoms with Crippen molar-refractivity contribution in [1.29, 1.82) is 0 Å². The summed E-state index contributed by atoms with van der Waals surface area (Å²) in [5, 5.41) is 0. The van der Waals surface area contributed by atoms with Gasteiger partial charge in [0.25, 0.3) is 0 Å². The van der Waals surface area contributed by atoms with Crippen LogP contribution in [0.4, 0.5) is 0 Å². The normalized spacial score (nSPS) is 7.50. The van der Waals surface area contributed by atoms with Crippen LogP contribution in [0.15, 0.2) is 0 Å². The second-order valence-corrected chi connectivity index (χ2v) is 1.68. The van der Waals surface area contributed by atoms with Crippen LogP contribution in [-0.4, -0.2) is 0 Å². The fraction of sp³-hybridized carbons (Fsp3) is 0.833. The Bertz CT molecular complexity index is 27.7. The van der Waals surface area contributed by atoms with Gasteiger partial charge in [-0.2, -0.15) is 0 Å². The number of hydrogen-bond donors (Lipinski definition) is 0. The van der Waals surface area contributed by atoms with Gasteiger partial charge in [0.2, 0.25) is 0 Å². The zero-order chi connectivity index (χ0) is 4.99. The molecule has 0 fully saturated rings. The third kappa shape index (κ3) is 10.2. The minimum atomic E-state index is 0. The monoisotopic (exact) mass is 228 g/mol. The van der Waals surface area contributed by atoms with Crippen LogP contribution in [0.3, 0.4) is 0 Å². The van der Waals surface area contributed by atoms with Gasteiger partial charge in [-0.05, 0) is 5.92 Å². The maximum absolute atomic E-state index is 3.88. The van der Waals surface area contributed by atoms with E-state index < -0.39 is 0 Å².